The predicted molar refractivity (Wildman–Crippen MR) is 76.1 cm³/mol. The smallest absolute Gasteiger partial charge is 0.226 e. The van der Waals surface area contributed by atoms with Crippen molar-refractivity contribution in [2.45, 2.75) is 33.2 Å². The summed E-state index contributed by atoms with van der Waals surface area (Å²) < 4.78 is 15.3. The second-order valence-corrected chi connectivity index (χ2v) is 4.95. The number of carbonyl (C=O) groups is 1. The molecule has 1 aromatic carbocycles. The SMILES string of the molecule is Cc1cc(C)n([C@H](C)CC(=O)Nc2ccccc2F)n1. The molecular formula is C15H18FN3O. The lowest BCUT2D eigenvalue weighted by Gasteiger charge is -2.14. The van der Waals surface area contributed by atoms with Crippen molar-refractivity contribution in [2.75, 3.05) is 5.32 Å². The third-order valence-electron chi connectivity index (χ3n) is 3.09. The fourth-order valence-electron chi connectivity index (χ4n) is 2.21. The molecule has 4 nitrogen and oxygen atoms in total. The van der Waals surface area contributed by atoms with Gasteiger partial charge in [0.1, 0.15) is 5.82 Å². The molecule has 20 heavy (non-hydrogen) atoms. The molecule has 0 unspecified atom stereocenters. The highest BCUT2D eigenvalue weighted by atomic mass is 19.1. The van der Waals surface area contributed by atoms with Gasteiger partial charge in [-0.3, -0.25) is 9.48 Å². The Hall–Kier alpha value is -2.17. The van der Waals surface area contributed by atoms with Gasteiger partial charge in [-0.15, -0.1) is 0 Å². The maximum atomic E-state index is 13.4. The number of benzene rings is 1. The van der Waals surface area contributed by atoms with E-state index in [0.29, 0.717) is 0 Å². The zero-order chi connectivity index (χ0) is 14.7. The van der Waals surface area contributed by atoms with Gasteiger partial charge >= 0.3 is 0 Å². The summed E-state index contributed by atoms with van der Waals surface area (Å²) in [6, 6.07) is 8.02. The zero-order valence-corrected chi connectivity index (χ0v) is 11.9. The highest BCUT2D eigenvalue weighted by Crippen LogP contribution is 2.17. The first-order valence-electron chi connectivity index (χ1n) is 6.54. The molecule has 0 aliphatic heterocycles. The fourth-order valence-corrected chi connectivity index (χ4v) is 2.21. The fraction of sp³-hybridized carbons (Fsp3) is 0.333. The number of carbonyl (C=O) groups excluding carboxylic acids is 1. The van der Waals surface area contributed by atoms with Crippen LogP contribution in [0.3, 0.4) is 0 Å². The number of nitrogens with one attached hydrogen (secondary N) is 1. The quantitative estimate of drug-likeness (QED) is 0.931. The Morgan fingerprint density at radius 3 is 2.70 bits per heavy atom. The van der Waals surface area contributed by atoms with Crippen LogP contribution in [0.25, 0.3) is 0 Å². The summed E-state index contributed by atoms with van der Waals surface area (Å²) in [5, 5.41) is 6.93. The highest BCUT2D eigenvalue weighted by Gasteiger charge is 2.15. The van der Waals surface area contributed by atoms with E-state index in [2.05, 4.69) is 10.4 Å². The molecule has 1 heterocycles. The van der Waals surface area contributed by atoms with Crippen LogP contribution in [-0.2, 0) is 4.79 Å². The number of amides is 1. The van der Waals surface area contributed by atoms with Crippen molar-refractivity contribution in [3.8, 4) is 0 Å². The summed E-state index contributed by atoms with van der Waals surface area (Å²) in [6.07, 6.45) is 0.246. The summed E-state index contributed by atoms with van der Waals surface area (Å²) in [4.78, 5) is 11.9. The third kappa shape index (κ3) is 3.23. The lowest BCUT2D eigenvalue weighted by atomic mass is 10.2. The molecule has 0 aliphatic carbocycles. The second kappa shape index (κ2) is 5.86. The van der Waals surface area contributed by atoms with Crippen molar-refractivity contribution in [1.29, 1.82) is 0 Å². The minimum absolute atomic E-state index is 0.0736. The first-order valence-corrected chi connectivity index (χ1v) is 6.54. The van der Waals surface area contributed by atoms with Crippen LogP contribution in [0.2, 0.25) is 0 Å². The number of rotatable bonds is 4. The van der Waals surface area contributed by atoms with E-state index in [-0.39, 0.29) is 24.1 Å². The van der Waals surface area contributed by atoms with Crippen LogP contribution in [0, 0.1) is 19.7 Å². The van der Waals surface area contributed by atoms with E-state index in [0.717, 1.165) is 11.4 Å². The molecule has 0 saturated carbocycles. The lowest BCUT2D eigenvalue weighted by Crippen LogP contribution is -2.19. The molecule has 2 aromatic rings. The van der Waals surface area contributed by atoms with Gasteiger partial charge in [-0.2, -0.15) is 5.10 Å². The Labute approximate surface area is 117 Å². The Morgan fingerprint density at radius 1 is 1.40 bits per heavy atom. The largest absolute Gasteiger partial charge is 0.324 e. The molecule has 2 rings (SSSR count). The summed E-state index contributed by atoms with van der Waals surface area (Å²) in [5.41, 5.74) is 2.13. The van der Waals surface area contributed by atoms with Crippen LogP contribution in [0.1, 0.15) is 30.8 Å². The molecule has 1 atom stereocenters. The van der Waals surface area contributed by atoms with E-state index in [1.165, 1.54) is 6.07 Å². The van der Waals surface area contributed by atoms with Gasteiger partial charge in [0.25, 0.3) is 0 Å². The van der Waals surface area contributed by atoms with Crippen LogP contribution >= 0.6 is 0 Å². The summed E-state index contributed by atoms with van der Waals surface area (Å²) in [6.45, 7) is 5.78. The van der Waals surface area contributed by atoms with Crippen LogP contribution in [0.15, 0.2) is 30.3 Å². The van der Waals surface area contributed by atoms with Crippen molar-refractivity contribution in [3.63, 3.8) is 0 Å². The summed E-state index contributed by atoms with van der Waals surface area (Å²) in [7, 11) is 0. The highest BCUT2D eigenvalue weighted by molar-refractivity contribution is 5.91. The molecule has 0 bridgehead atoms. The van der Waals surface area contributed by atoms with Gasteiger partial charge < -0.3 is 5.32 Å². The van der Waals surface area contributed by atoms with Crippen molar-refractivity contribution in [2.24, 2.45) is 0 Å². The van der Waals surface area contributed by atoms with Gasteiger partial charge in [0.2, 0.25) is 5.91 Å². The second-order valence-electron chi connectivity index (χ2n) is 4.95. The molecule has 0 saturated heterocycles. The number of halogens is 1. The van der Waals surface area contributed by atoms with Gasteiger partial charge in [-0.1, -0.05) is 12.1 Å². The number of aryl methyl sites for hydroxylation is 2. The molecule has 1 amide bonds. The average Bonchev–Trinajstić information content (AvgIpc) is 2.71. The molecule has 0 spiro atoms. The van der Waals surface area contributed by atoms with Gasteiger partial charge in [0.15, 0.2) is 0 Å². The van der Waals surface area contributed by atoms with E-state index >= 15 is 0 Å². The number of hydrogen-bond donors (Lipinski definition) is 1. The molecule has 1 N–H and O–H groups in total. The van der Waals surface area contributed by atoms with Gasteiger partial charge in [-0.25, -0.2) is 4.39 Å². The van der Waals surface area contributed by atoms with Crippen molar-refractivity contribution < 1.29 is 9.18 Å². The predicted octanol–water partition coefficient (Wildman–Crippen LogP) is 3.23. The molecule has 1 aromatic heterocycles. The molecule has 106 valence electrons. The van der Waals surface area contributed by atoms with Crippen molar-refractivity contribution in [1.82, 2.24) is 9.78 Å². The maximum absolute atomic E-state index is 13.4. The number of nitrogens with zero attached hydrogens (tertiary/aromatic N) is 2. The Morgan fingerprint density at radius 2 is 2.10 bits per heavy atom. The summed E-state index contributed by atoms with van der Waals surface area (Å²) >= 11 is 0. The van der Waals surface area contributed by atoms with Crippen LogP contribution in [0.5, 0.6) is 0 Å². The topological polar surface area (TPSA) is 46.9 Å². The lowest BCUT2D eigenvalue weighted by molar-refractivity contribution is -0.116. The summed E-state index contributed by atoms with van der Waals surface area (Å²) in [5.74, 6) is -0.658. The van der Waals surface area contributed by atoms with Gasteiger partial charge in [0.05, 0.1) is 17.4 Å². The Kier molecular flexibility index (Phi) is 4.17. The van der Waals surface area contributed by atoms with Gasteiger partial charge in [-0.05, 0) is 39.0 Å². The zero-order valence-electron chi connectivity index (χ0n) is 11.9. The van der Waals surface area contributed by atoms with Crippen molar-refractivity contribution in [3.05, 3.63) is 47.5 Å². The molecule has 0 radical (unpaired) electrons. The normalized spacial score (nSPS) is 12.2. The van der Waals surface area contributed by atoms with E-state index in [1.807, 2.05) is 31.5 Å². The molecule has 0 aliphatic rings. The van der Waals surface area contributed by atoms with E-state index in [4.69, 9.17) is 0 Å². The van der Waals surface area contributed by atoms with Crippen LogP contribution < -0.4 is 5.32 Å². The minimum Gasteiger partial charge on any atom is -0.324 e. The Balaban J connectivity index is 2.01. The number of para-hydroxylation sites is 1. The van der Waals surface area contributed by atoms with Crippen LogP contribution in [0.4, 0.5) is 10.1 Å². The van der Waals surface area contributed by atoms with Crippen molar-refractivity contribution >= 4 is 11.6 Å². The minimum atomic E-state index is -0.431. The third-order valence-corrected chi connectivity index (χ3v) is 3.09. The monoisotopic (exact) mass is 275 g/mol. The van der Waals surface area contributed by atoms with E-state index in [9.17, 15) is 9.18 Å². The van der Waals surface area contributed by atoms with Crippen LogP contribution in [-0.4, -0.2) is 15.7 Å². The number of aromatic nitrogens is 2. The van der Waals surface area contributed by atoms with Gasteiger partial charge in [0, 0.05) is 12.1 Å². The Bertz CT molecular complexity index is 621. The number of anilines is 1. The maximum Gasteiger partial charge on any atom is 0.226 e. The number of hydrogen-bond acceptors (Lipinski definition) is 2. The first kappa shape index (κ1) is 14.2. The molecule has 0 fully saturated rings. The molecule has 5 heteroatoms. The molecular weight excluding hydrogens is 257 g/mol. The first-order chi connectivity index (χ1) is 9.47. The average molecular weight is 275 g/mol. The standard InChI is InChI=1S/C15H18FN3O/c1-10-8-11(2)19(18-10)12(3)9-15(20)17-14-7-5-4-6-13(14)16/h4-8,12H,9H2,1-3H3,(H,17,20)/t12-/m1/s1. The van der Waals surface area contributed by atoms with E-state index in [1.54, 1.807) is 18.2 Å². The van der Waals surface area contributed by atoms with E-state index < -0.39 is 5.82 Å².